The van der Waals surface area contributed by atoms with Crippen LogP contribution in [0.4, 0.5) is 5.13 Å². The molecule has 3 heterocycles. The van der Waals surface area contributed by atoms with E-state index in [0.717, 1.165) is 16.8 Å². The Kier molecular flexibility index (Phi) is 3.51. The number of amides is 1. The van der Waals surface area contributed by atoms with Gasteiger partial charge >= 0.3 is 0 Å². The van der Waals surface area contributed by atoms with Crippen molar-refractivity contribution in [1.82, 2.24) is 9.88 Å². The molecule has 6 nitrogen and oxygen atoms in total. The first-order valence-corrected chi connectivity index (χ1v) is 8.45. The van der Waals surface area contributed by atoms with E-state index in [1.807, 2.05) is 23.1 Å². The van der Waals surface area contributed by atoms with Crippen molar-refractivity contribution >= 4 is 32.6 Å². The number of nitrogens with zero attached hydrogens (tertiary/aromatic N) is 2. The van der Waals surface area contributed by atoms with Gasteiger partial charge < -0.3 is 20.1 Å². The van der Waals surface area contributed by atoms with Gasteiger partial charge in [-0.1, -0.05) is 11.3 Å². The van der Waals surface area contributed by atoms with Gasteiger partial charge in [-0.3, -0.25) is 4.79 Å². The second kappa shape index (κ2) is 5.43. The first kappa shape index (κ1) is 14.9. The number of benzene rings is 1. The van der Waals surface area contributed by atoms with Gasteiger partial charge in [0.05, 0.1) is 30.0 Å². The molecule has 4 rings (SSSR count). The van der Waals surface area contributed by atoms with Gasteiger partial charge in [-0.05, 0) is 18.2 Å². The van der Waals surface area contributed by atoms with Crippen molar-refractivity contribution < 1.29 is 14.3 Å². The van der Waals surface area contributed by atoms with E-state index in [1.165, 1.54) is 11.3 Å². The monoisotopic (exact) mass is 333 g/mol. The summed E-state index contributed by atoms with van der Waals surface area (Å²) in [7, 11) is 1.70. The molecule has 0 aliphatic carbocycles. The van der Waals surface area contributed by atoms with Crippen LogP contribution in [-0.2, 0) is 9.47 Å². The van der Waals surface area contributed by atoms with Gasteiger partial charge in [0.2, 0.25) is 0 Å². The molecule has 2 aliphatic rings. The molecule has 0 unspecified atom stereocenters. The number of nitrogen functional groups attached to an aromatic ring is 1. The maximum absolute atomic E-state index is 12.9. The highest BCUT2D eigenvalue weighted by Gasteiger charge is 2.51. The molecule has 122 valence electrons. The first-order chi connectivity index (χ1) is 11.1. The van der Waals surface area contributed by atoms with Crippen LogP contribution in [0.25, 0.3) is 10.2 Å². The molecular formula is C16H19N3O3S. The zero-order valence-electron chi connectivity index (χ0n) is 12.9. The third-order valence-electron chi connectivity index (χ3n) is 4.89. The molecule has 2 atom stereocenters. The summed E-state index contributed by atoms with van der Waals surface area (Å²) < 4.78 is 12.0. The standard InChI is InChI=1S/C16H19N3O3S/c1-21-8-16-7-19(5-11(16)6-22-9-16)14(20)10-2-3-13-12(4-10)18-15(17)23-13/h2-4,11H,5-9H2,1H3,(H2,17,18)/t11-,16-/m0/s1. The van der Waals surface area contributed by atoms with E-state index in [0.29, 0.717) is 43.0 Å². The van der Waals surface area contributed by atoms with E-state index >= 15 is 0 Å². The molecule has 2 aromatic rings. The largest absolute Gasteiger partial charge is 0.384 e. The molecule has 0 spiro atoms. The number of nitrogens with two attached hydrogens (primary N) is 1. The molecule has 0 saturated carbocycles. The topological polar surface area (TPSA) is 77.7 Å². The fourth-order valence-corrected chi connectivity index (χ4v) is 4.45. The Balaban J connectivity index is 1.59. The Morgan fingerprint density at radius 1 is 1.61 bits per heavy atom. The minimum absolute atomic E-state index is 0.0448. The highest BCUT2D eigenvalue weighted by atomic mass is 32.1. The van der Waals surface area contributed by atoms with Gasteiger partial charge in [0.1, 0.15) is 0 Å². The number of rotatable bonds is 3. The normalized spacial score (nSPS) is 26.8. The SMILES string of the molecule is COC[C@@]12COC[C@@H]1CN(C(=O)c1ccc3sc(N)nc3c1)C2. The summed E-state index contributed by atoms with van der Waals surface area (Å²) in [5.41, 5.74) is 7.13. The molecule has 1 amide bonds. The predicted octanol–water partition coefficient (Wildman–Crippen LogP) is 1.61. The number of likely N-dealkylation sites (tertiary alicyclic amines) is 1. The third kappa shape index (κ3) is 2.39. The number of thiazole rings is 1. The number of carbonyl (C=O) groups excluding carboxylic acids is 1. The Morgan fingerprint density at radius 3 is 3.30 bits per heavy atom. The lowest BCUT2D eigenvalue weighted by molar-refractivity contribution is 0.0489. The lowest BCUT2D eigenvalue weighted by atomic mass is 9.82. The predicted molar refractivity (Wildman–Crippen MR) is 88.6 cm³/mol. The number of fused-ring (bicyclic) bond motifs is 2. The van der Waals surface area contributed by atoms with E-state index in [4.69, 9.17) is 15.2 Å². The minimum atomic E-state index is -0.0560. The van der Waals surface area contributed by atoms with E-state index < -0.39 is 0 Å². The molecule has 2 saturated heterocycles. The molecule has 2 N–H and O–H groups in total. The van der Waals surface area contributed by atoms with Crippen LogP contribution in [0.5, 0.6) is 0 Å². The van der Waals surface area contributed by atoms with Crippen molar-refractivity contribution in [3.05, 3.63) is 23.8 Å². The van der Waals surface area contributed by atoms with E-state index in [2.05, 4.69) is 4.98 Å². The Labute approximate surface area is 138 Å². The Bertz CT molecular complexity index is 762. The maximum Gasteiger partial charge on any atom is 0.253 e. The smallest absolute Gasteiger partial charge is 0.253 e. The van der Waals surface area contributed by atoms with Crippen LogP contribution < -0.4 is 5.73 Å². The van der Waals surface area contributed by atoms with Crippen LogP contribution in [0.3, 0.4) is 0 Å². The van der Waals surface area contributed by atoms with Gasteiger partial charge in [-0.15, -0.1) is 0 Å². The molecule has 2 aliphatic heterocycles. The van der Waals surface area contributed by atoms with Crippen LogP contribution >= 0.6 is 11.3 Å². The van der Waals surface area contributed by atoms with Crippen molar-refractivity contribution in [1.29, 1.82) is 0 Å². The Morgan fingerprint density at radius 2 is 2.48 bits per heavy atom. The molecule has 23 heavy (non-hydrogen) atoms. The molecule has 0 radical (unpaired) electrons. The minimum Gasteiger partial charge on any atom is -0.384 e. The van der Waals surface area contributed by atoms with E-state index in [1.54, 1.807) is 7.11 Å². The van der Waals surface area contributed by atoms with Gasteiger partial charge in [-0.2, -0.15) is 0 Å². The third-order valence-corrected chi connectivity index (χ3v) is 5.76. The van der Waals surface area contributed by atoms with Gasteiger partial charge in [0.15, 0.2) is 5.13 Å². The number of methoxy groups -OCH3 is 1. The highest BCUT2D eigenvalue weighted by Crippen LogP contribution is 2.42. The van der Waals surface area contributed by atoms with Gasteiger partial charge in [0, 0.05) is 37.1 Å². The second-order valence-corrected chi connectivity index (χ2v) is 7.49. The summed E-state index contributed by atoms with van der Waals surface area (Å²) in [6.45, 7) is 3.40. The van der Waals surface area contributed by atoms with Crippen molar-refractivity contribution in [2.24, 2.45) is 11.3 Å². The maximum atomic E-state index is 12.9. The van der Waals surface area contributed by atoms with Crippen molar-refractivity contribution in [2.45, 2.75) is 0 Å². The first-order valence-electron chi connectivity index (χ1n) is 7.63. The molecular weight excluding hydrogens is 314 g/mol. The molecule has 2 fully saturated rings. The molecule has 7 heteroatoms. The number of anilines is 1. The van der Waals surface area contributed by atoms with E-state index in [-0.39, 0.29) is 11.3 Å². The summed E-state index contributed by atoms with van der Waals surface area (Å²) in [5.74, 6) is 0.397. The lowest BCUT2D eigenvalue weighted by Gasteiger charge is -2.26. The van der Waals surface area contributed by atoms with Crippen molar-refractivity contribution in [3.8, 4) is 0 Å². The molecule has 1 aromatic carbocycles. The molecule has 0 bridgehead atoms. The average molecular weight is 333 g/mol. The number of hydrogen-bond donors (Lipinski definition) is 1. The highest BCUT2D eigenvalue weighted by molar-refractivity contribution is 7.22. The molecule has 1 aromatic heterocycles. The van der Waals surface area contributed by atoms with E-state index in [9.17, 15) is 4.79 Å². The van der Waals surface area contributed by atoms with Crippen LogP contribution in [0.1, 0.15) is 10.4 Å². The number of aromatic nitrogens is 1. The zero-order chi connectivity index (χ0) is 16.0. The summed E-state index contributed by atoms with van der Waals surface area (Å²) in [6.07, 6.45) is 0. The Hall–Kier alpha value is -1.70. The number of ether oxygens (including phenoxy) is 2. The van der Waals surface area contributed by atoms with Crippen molar-refractivity contribution in [2.75, 3.05) is 45.8 Å². The van der Waals surface area contributed by atoms with Crippen molar-refractivity contribution in [3.63, 3.8) is 0 Å². The van der Waals surface area contributed by atoms with Gasteiger partial charge in [0.25, 0.3) is 5.91 Å². The lowest BCUT2D eigenvalue weighted by Crippen LogP contribution is -2.37. The fourth-order valence-electron chi connectivity index (χ4n) is 3.74. The second-order valence-electron chi connectivity index (χ2n) is 6.43. The quantitative estimate of drug-likeness (QED) is 0.923. The summed E-state index contributed by atoms with van der Waals surface area (Å²) >= 11 is 1.43. The fraction of sp³-hybridized carbons (Fsp3) is 0.500. The average Bonchev–Trinajstić information content (AvgIpc) is 3.16. The van der Waals surface area contributed by atoms with Crippen LogP contribution in [0.2, 0.25) is 0 Å². The van der Waals surface area contributed by atoms with Crippen LogP contribution in [0.15, 0.2) is 18.2 Å². The number of hydrogen-bond acceptors (Lipinski definition) is 6. The van der Waals surface area contributed by atoms with Crippen LogP contribution in [0, 0.1) is 11.3 Å². The van der Waals surface area contributed by atoms with Gasteiger partial charge in [-0.25, -0.2) is 4.98 Å². The summed E-state index contributed by atoms with van der Waals surface area (Å²) in [5, 5.41) is 0.525. The summed E-state index contributed by atoms with van der Waals surface area (Å²) in [6, 6.07) is 5.61. The summed E-state index contributed by atoms with van der Waals surface area (Å²) in [4.78, 5) is 19.1. The number of carbonyl (C=O) groups is 1. The zero-order valence-corrected chi connectivity index (χ0v) is 13.8. The van der Waals surface area contributed by atoms with Crippen LogP contribution in [-0.4, -0.2) is 55.8 Å².